The fourth-order valence-corrected chi connectivity index (χ4v) is 2.98. The number of aromatic nitrogens is 4. The van der Waals surface area contributed by atoms with Crippen molar-refractivity contribution in [2.45, 2.75) is 38.8 Å². The summed E-state index contributed by atoms with van der Waals surface area (Å²) < 4.78 is 3.81. The lowest BCUT2D eigenvalue weighted by Crippen LogP contribution is -2.48. The molecule has 1 N–H and O–H groups in total. The molecule has 1 aliphatic rings. The highest BCUT2D eigenvalue weighted by atomic mass is 16.2. The largest absolute Gasteiger partial charge is 0.355 e. The number of nitrogens with one attached hydrogen (secondary N) is 1. The second-order valence-corrected chi connectivity index (χ2v) is 6.37. The predicted octanol–water partition coefficient (Wildman–Crippen LogP) is 1.60. The topological polar surface area (TPSA) is 68.0 Å². The molecule has 7 heteroatoms. The Bertz CT molecular complexity index is 674. The number of rotatable bonds is 4. The third-order valence-electron chi connectivity index (χ3n) is 4.31. The van der Waals surface area contributed by atoms with Gasteiger partial charge in [-0.2, -0.15) is 5.10 Å². The molecule has 0 bridgehead atoms. The van der Waals surface area contributed by atoms with Crippen LogP contribution in [0.4, 0.5) is 5.82 Å². The predicted molar refractivity (Wildman–Crippen MR) is 88.5 cm³/mol. The first-order chi connectivity index (χ1) is 11.0. The van der Waals surface area contributed by atoms with Crippen LogP contribution >= 0.6 is 0 Å². The molecule has 0 aliphatic carbocycles. The van der Waals surface area contributed by atoms with Gasteiger partial charge >= 0.3 is 0 Å². The summed E-state index contributed by atoms with van der Waals surface area (Å²) in [5, 5.41) is 7.33. The van der Waals surface area contributed by atoms with Crippen molar-refractivity contribution in [2.75, 3.05) is 18.0 Å². The van der Waals surface area contributed by atoms with Gasteiger partial charge in [0.15, 0.2) is 0 Å². The standard InChI is InChI=1S/C16H24N6O/c1-12(2)22-10-14(17-11-22)16(23)19-13-5-4-8-21(9-13)15-6-7-18-20(15)3/h6-7,10-13H,4-5,8-9H2,1-3H3,(H,19,23). The molecule has 2 aromatic rings. The molecule has 1 amide bonds. The number of carbonyl (C=O) groups is 1. The Morgan fingerprint density at radius 2 is 2.26 bits per heavy atom. The average Bonchev–Trinajstić information content (AvgIpc) is 3.16. The molecule has 1 saturated heterocycles. The number of hydrogen-bond acceptors (Lipinski definition) is 4. The Balaban J connectivity index is 1.63. The van der Waals surface area contributed by atoms with Crippen LogP contribution in [0.2, 0.25) is 0 Å². The zero-order chi connectivity index (χ0) is 16.4. The second kappa shape index (κ2) is 6.44. The van der Waals surface area contributed by atoms with Crippen LogP contribution in [0.25, 0.3) is 0 Å². The quantitative estimate of drug-likeness (QED) is 0.930. The first-order valence-corrected chi connectivity index (χ1v) is 8.12. The Kier molecular flexibility index (Phi) is 4.36. The molecular formula is C16H24N6O. The van der Waals surface area contributed by atoms with E-state index in [-0.39, 0.29) is 11.9 Å². The number of hydrogen-bond donors (Lipinski definition) is 1. The third kappa shape index (κ3) is 3.38. The molecule has 1 fully saturated rings. The fraction of sp³-hybridized carbons (Fsp3) is 0.562. The van der Waals surface area contributed by atoms with Gasteiger partial charge in [0.1, 0.15) is 11.5 Å². The number of nitrogens with zero attached hydrogens (tertiary/aromatic N) is 5. The number of imidazole rings is 1. The summed E-state index contributed by atoms with van der Waals surface area (Å²) in [6.45, 7) is 5.93. The minimum atomic E-state index is -0.0961. The highest BCUT2D eigenvalue weighted by Crippen LogP contribution is 2.19. The van der Waals surface area contributed by atoms with Gasteiger partial charge < -0.3 is 14.8 Å². The summed E-state index contributed by atoms with van der Waals surface area (Å²) in [6.07, 6.45) is 7.36. The minimum Gasteiger partial charge on any atom is -0.355 e. The maximum absolute atomic E-state index is 12.4. The van der Waals surface area contributed by atoms with E-state index in [1.807, 2.05) is 28.6 Å². The van der Waals surface area contributed by atoms with E-state index >= 15 is 0 Å². The second-order valence-electron chi connectivity index (χ2n) is 6.37. The molecule has 0 saturated carbocycles. The molecule has 23 heavy (non-hydrogen) atoms. The summed E-state index contributed by atoms with van der Waals surface area (Å²) in [6, 6.07) is 2.45. The lowest BCUT2D eigenvalue weighted by molar-refractivity contribution is 0.0928. The number of piperidine rings is 1. The van der Waals surface area contributed by atoms with Crippen molar-refractivity contribution in [3.05, 3.63) is 30.5 Å². The van der Waals surface area contributed by atoms with E-state index in [1.54, 1.807) is 12.5 Å². The van der Waals surface area contributed by atoms with Crippen molar-refractivity contribution >= 4 is 11.7 Å². The SMILES string of the molecule is CC(C)n1cnc(C(=O)NC2CCCN(c3ccnn3C)C2)c1. The van der Waals surface area contributed by atoms with Crippen LogP contribution in [0.1, 0.15) is 43.2 Å². The van der Waals surface area contributed by atoms with Gasteiger partial charge in [0.25, 0.3) is 5.91 Å². The van der Waals surface area contributed by atoms with Crippen molar-refractivity contribution in [3.63, 3.8) is 0 Å². The van der Waals surface area contributed by atoms with Crippen LogP contribution in [0, 0.1) is 0 Å². The monoisotopic (exact) mass is 316 g/mol. The molecule has 1 aliphatic heterocycles. The first kappa shape index (κ1) is 15.6. The van der Waals surface area contributed by atoms with Crippen molar-refractivity contribution in [2.24, 2.45) is 7.05 Å². The van der Waals surface area contributed by atoms with Gasteiger partial charge in [0, 0.05) is 44.5 Å². The lowest BCUT2D eigenvalue weighted by Gasteiger charge is -2.34. The van der Waals surface area contributed by atoms with Gasteiger partial charge in [0.2, 0.25) is 0 Å². The van der Waals surface area contributed by atoms with Gasteiger partial charge in [-0.3, -0.25) is 9.48 Å². The van der Waals surface area contributed by atoms with Crippen molar-refractivity contribution < 1.29 is 4.79 Å². The van der Waals surface area contributed by atoms with Crippen molar-refractivity contribution in [3.8, 4) is 0 Å². The Hall–Kier alpha value is -2.31. The Labute approximate surface area is 136 Å². The van der Waals surface area contributed by atoms with Crippen LogP contribution in [-0.2, 0) is 7.05 Å². The molecule has 3 rings (SSSR count). The summed E-state index contributed by atoms with van der Waals surface area (Å²) >= 11 is 0. The Morgan fingerprint density at radius 3 is 2.91 bits per heavy atom. The minimum absolute atomic E-state index is 0.0961. The molecule has 1 unspecified atom stereocenters. The van der Waals surface area contributed by atoms with Crippen LogP contribution in [0.5, 0.6) is 0 Å². The lowest BCUT2D eigenvalue weighted by atomic mass is 10.1. The zero-order valence-electron chi connectivity index (χ0n) is 13.9. The molecule has 0 spiro atoms. The fourth-order valence-electron chi connectivity index (χ4n) is 2.98. The number of amides is 1. The van der Waals surface area contributed by atoms with E-state index < -0.39 is 0 Å². The van der Waals surface area contributed by atoms with Crippen LogP contribution < -0.4 is 10.2 Å². The average molecular weight is 316 g/mol. The summed E-state index contributed by atoms with van der Waals surface area (Å²) in [5.41, 5.74) is 0.483. The molecule has 0 radical (unpaired) electrons. The molecule has 7 nitrogen and oxygen atoms in total. The van der Waals surface area contributed by atoms with Gasteiger partial charge in [-0.05, 0) is 26.7 Å². The van der Waals surface area contributed by atoms with Gasteiger partial charge in [-0.25, -0.2) is 4.98 Å². The van der Waals surface area contributed by atoms with E-state index in [1.165, 1.54) is 0 Å². The van der Waals surface area contributed by atoms with E-state index in [9.17, 15) is 4.79 Å². The molecule has 0 aromatic carbocycles. The van der Waals surface area contributed by atoms with Crippen LogP contribution in [-0.4, -0.2) is 44.4 Å². The Morgan fingerprint density at radius 1 is 1.43 bits per heavy atom. The van der Waals surface area contributed by atoms with E-state index in [0.717, 1.165) is 31.7 Å². The summed E-state index contributed by atoms with van der Waals surface area (Å²) in [7, 11) is 1.94. The summed E-state index contributed by atoms with van der Waals surface area (Å²) in [4.78, 5) is 18.9. The molecule has 124 valence electrons. The highest BCUT2D eigenvalue weighted by Gasteiger charge is 2.24. The smallest absolute Gasteiger partial charge is 0.271 e. The number of carbonyl (C=O) groups excluding carboxylic acids is 1. The maximum atomic E-state index is 12.4. The molecular weight excluding hydrogens is 292 g/mol. The number of aryl methyl sites for hydroxylation is 1. The third-order valence-corrected chi connectivity index (χ3v) is 4.31. The molecule has 1 atom stereocenters. The molecule has 3 heterocycles. The van der Waals surface area contributed by atoms with Crippen molar-refractivity contribution in [1.82, 2.24) is 24.6 Å². The summed E-state index contributed by atoms with van der Waals surface area (Å²) in [5.74, 6) is 0.995. The number of anilines is 1. The van der Waals surface area contributed by atoms with E-state index in [4.69, 9.17) is 0 Å². The molecule has 2 aromatic heterocycles. The van der Waals surface area contributed by atoms with Crippen LogP contribution in [0.15, 0.2) is 24.8 Å². The van der Waals surface area contributed by atoms with Gasteiger partial charge in [-0.15, -0.1) is 0 Å². The van der Waals surface area contributed by atoms with E-state index in [2.05, 4.69) is 34.1 Å². The van der Waals surface area contributed by atoms with Crippen LogP contribution in [0.3, 0.4) is 0 Å². The van der Waals surface area contributed by atoms with E-state index in [0.29, 0.717) is 11.7 Å². The normalized spacial score (nSPS) is 18.4. The maximum Gasteiger partial charge on any atom is 0.271 e. The zero-order valence-corrected chi connectivity index (χ0v) is 13.9. The van der Waals surface area contributed by atoms with Gasteiger partial charge in [-0.1, -0.05) is 0 Å². The van der Waals surface area contributed by atoms with Crippen molar-refractivity contribution in [1.29, 1.82) is 0 Å². The first-order valence-electron chi connectivity index (χ1n) is 8.12. The van der Waals surface area contributed by atoms with Gasteiger partial charge in [0.05, 0.1) is 12.5 Å². The highest BCUT2D eigenvalue weighted by molar-refractivity contribution is 5.92.